The summed E-state index contributed by atoms with van der Waals surface area (Å²) in [5.74, 6) is 20.1. The van der Waals surface area contributed by atoms with Crippen molar-refractivity contribution in [1.82, 2.24) is 21.7 Å². The highest BCUT2D eigenvalue weighted by Crippen LogP contribution is 2.19. The summed E-state index contributed by atoms with van der Waals surface area (Å²) in [6.45, 7) is 0. The van der Waals surface area contributed by atoms with E-state index in [2.05, 4.69) is 73.1 Å². The number of rotatable bonds is 27. The lowest BCUT2D eigenvalue weighted by molar-refractivity contribution is -0.117. The highest BCUT2D eigenvalue weighted by atomic mass is 16.2. The van der Waals surface area contributed by atoms with E-state index in [1.165, 1.54) is 25.4 Å². The number of nitrogens with zero attached hydrogens (tertiary/aromatic N) is 8. The molecule has 0 aliphatic carbocycles. The van der Waals surface area contributed by atoms with E-state index in [0.29, 0.717) is 49.9 Å². The maximum Gasteiger partial charge on any atom is 0.224 e. The van der Waals surface area contributed by atoms with Crippen LogP contribution in [0, 0.1) is 0 Å². The summed E-state index contributed by atoms with van der Waals surface area (Å²) in [5.41, 5.74) is 15.6. The number of benzene rings is 2. The molecule has 2 aromatic rings. The molecule has 20 nitrogen and oxygen atoms in total. The number of hydrogen-bond donors (Lipinski definition) is 10. The molecular weight excluding hydrogens is 692 g/mol. The van der Waals surface area contributed by atoms with Gasteiger partial charge in [0.2, 0.25) is 11.8 Å². The third-order valence-corrected chi connectivity index (χ3v) is 7.23. The first-order valence-electron chi connectivity index (χ1n) is 17.3. The Morgan fingerprint density at radius 2 is 0.722 bits per heavy atom. The van der Waals surface area contributed by atoms with Crippen LogP contribution >= 0.6 is 0 Å². The molecule has 0 heterocycles. The lowest BCUT2D eigenvalue weighted by Gasteiger charge is -2.10. The van der Waals surface area contributed by atoms with E-state index in [-0.39, 0.29) is 11.8 Å². The summed E-state index contributed by atoms with van der Waals surface area (Å²) in [5, 5.41) is 35.4. The number of carbonyl (C=O) groups excluding carboxylic acids is 2. The average molecular weight is 745 g/mol. The Hall–Kier alpha value is -6.86. The molecule has 0 saturated carbocycles. The van der Waals surface area contributed by atoms with E-state index in [4.69, 9.17) is 23.4 Å². The number of unbranched alkanes of at least 4 members (excludes halogenated alkanes) is 5. The molecule has 0 fully saturated rings. The Kier molecular flexibility index (Phi) is 23.1. The van der Waals surface area contributed by atoms with Gasteiger partial charge in [-0.05, 0) is 59.4 Å². The van der Waals surface area contributed by atoms with Crippen LogP contribution in [0.2, 0.25) is 0 Å². The van der Waals surface area contributed by atoms with Gasteiger partial charge in [-0.2, -0.15) is 40.8 Å². The minimum absolute atomic E-state index is 0.0546. The van der Waals surface area contributed by atoms with E-state index in [1.54, 1.807) is 24.9 Å². The number of carbonyl (C=O) groups is 2. The van der Waals surface area contributed by atoms with Crippen molar-refractivity contribution < 1.29 is 9.59 Å². The van der Waals surface area contributed by atoms with Gasteiger partial charge in [0.25, 0.3) is 0 Å². The lowest BCUT2D eigenvalue weighted by Crippen LogP contribution is -2.12. The fourth-order valence-corrected chi connectivity index (χ4v) is 4.95. The zero-order valence-electron chi connectivity index (χ0n) is 30.3. The molecule has 0 radical (unpaired) electrons. The Morgan fingerprint density at radius 3 is 1.00 bits per heavy atom. The van der Waals surface area contributed by atoms with Crippen LogP contribution in [0.4, 0.5) is 11.4 Å². The second-order valence-electron chi connectivity index (χ2n) is 11.5. The molecule has 0 bridgehead atoms. The normalized spacial score (nSPS) is 12.1. The van der Waals surface area contributed by atoms with Gasteiger partial charge in [-0.25, -0.2) is 0 Å². The van der Waals surface area contributed by atoms with Gasteiger partial charge in [-0.1, -0.05) is 37.8 Å². The van der Waals surface area contributed by atoms with E-state index in [9.17, 15) is 9.59 Å². The third-order valence-electron chi connectivity index (χ3n) is 7.23. The van der Waals surface area contributed by atoms with Crippen molar-refractivity contribution in [3.05, 3.63) is 58.7 Å². The first-order valence-corrected chi connectivity index (χ1v) is 17.3. The van der Waals surface area contributed by atoms with Gasteiger partial charge in [-0.3, -0.25) is 31.3 Å². The SMILES string of the molecule is NN=CNN=CCc1cc(CC=NNC=NN)cc(NC(=O)CCCCCCCCC(=O)Nc2cc(CC=NNC=NN)cc(CC=NNC=NN)c2)c1. The molecule has 2 aromatic carbocycles. The van der Waals surface area contributed by atoms with Gasteiger partial charge in [0.15, 0.2) is 0 Å². The topological polar surface area (TPSA) is 309 Å². The summed E-state index contributed by atoms with van der Waals surface area (Å²) < 4.78 is 0. The molecule has 14 N–H and O–H groups in total. The molecule has 0 aliphatic heterocycles. The van der Waals surface area contributed by atoms with Crippen molar-refractivity contribution in [1.29, 1.82) is 0 Å². The summed E-state index contributed by atoms with van der Waals surface area (Å²) in [7, 11) is 0. The van der Waals surface area contributed by atoms with Crippen molar-refractivity contribution in [3.8, 4) is 0 Å². The Labute approximate surface area is 314 Å². The first-order chi connectivity index (χ1) is 26.5. The molecule has 290 valence electrons. The van der Waals surface area contributed by atoms with E-state index in [0.717, 1.165) is 60.8 Å². The van der Waals surface area contributed by atoms with Crippen molar-refractivity contribution in [2.24, 2.45) is 64.2 Å². The molecular formula is C34H52N18O2. The summed E-state index contributed by atoms with van der Waals surface area (Å²) in [4.78, 5) is 25.5. The van der Waals surface area contributed by atoms with E-state index >= 15 is 0 Å². The predicted octanol–water partition coefficient (Wildman–Crippen LogP) is 1.46. The van der Waals surface area contributed by atoms with Gasteiger partial charge in [-0.15, -0.1) is 0 Å². The first kappa shape index (κ1) is 43.3. The Bertz CT molecular complexity index is 1430. The van der Waals surface area contributed by atoms with Crippen molar-refractivity contribution in [3.63, 3.8) is 0 Å². The highest BCUT2D eigenvalue weighted by molar-refractivity contribution is 5.91. The second-order valence-corrected chi connectivity index (χ2v) is 11.5. The molecule has 0 aliphatic rings. The zero-order chi connectivity index (χ0) is 38.9. The number of hydrogen-bond acceptors (Lipinski definition) is 14. The van der Waals surface area contributed by atoms with Crippen LogP contribution in [0.25, 0.3) is 0 Å². The molecule has 20 heteroatoms. The minimum Gasteiger partial charge on any atom is -0.326 e. The fourth-order valence-electron chi connectivity index (χ4n) is 4.95. The van der Waals surface area contributed by atoms with Gasteiger partial charge >= 0.3 is 0 Å². The number of nitrogens with one attached hydrogen (secondary N) is 6. The molecule has 0 atom stereocenters. The van der Waals surface area contributed by atoms with Crippen LogP contribution in [0.5, 0.6) is 0 Å². The second kappa shape index (κ2) is 28.8. The van der Waals surface area contributed by atoms with Crippen molar-refractivity contribution in [2.75, 3.05) is 10.6 Å². The maximum atomic E-state index is 12.8. The summed E-state index contributed by atoms with van der Waals surface area (Å²) in [6, 6.07) is 11.7. The lowest BCUT2D eigenvalue weighted by atomic mass is 10.0. The smallest absolute Gasteiger partial charge is 0.224 e. The maximum absolute atomic E-state index is 12.8. The Balaban J connectivity index is 1.78. The van der Waals surface area contributed by atoms with Gasteiger partial charge in [0, 0.05) is 74.8 Å². The predicted molar refractivity (Wildman–Crippen MR) is 219 cm³/mol. The number of amides is 2. The van der Waals surface area contributed by atoms with Crippen LogP contribution in [0.1, 0.15) is 73.6 Å². The van der Waals surface area contributed by atoms with Crippen molar-refractivity contribution >= 4 is 73.4 Å². The molecule has 54 heavy (non-hydrogen) atoms. The molecule has 0 saturated heterocycles. The van der Waals surface area contributed by atoms with Crippen LogP contribution < -0.4 is 55.7 Å². The van der Waals surface area contributed by atoms with Crippen LogP contribution in [0.15, 0.2) is 77.2 Å². The standard InChI is InChI=1S/C34H52N18O2/c35-39-23-47-43-13-9-27-17-28(10-14-44-48-24-40-36)20-31(19-27)51-33(53)7-5-3-1-2-4-6-8-34(54)52-32-21-29(11-15-45-49-25-41-37)18-30(22-32)12-16-46-50-26-42-38/h13-26H,1-12,35-38H2,(H,39,47)(H,40,48)(H,41,49)(H,42,50)(H,51,53)(H,52,54). The van der Waals surface area contributed by atoms with Crippen LogP contribution in [-0.2, 0) is 35.3 Å². The molecule has 0 spiro atoms. The average Bonchev–Trinajstić information content (AvgIpc) is 3.15. The molecule has 2 amide bonds. The Morgan fingerprint density at radius 1 is 0.444 bits per heavy atom. The monoisotopic (exact) mass is 744 g/mol. The van der Waals surface area contributed by atoms with E-state index < -0.39 is 0 Å². The quantitative estimate of drug-likeness (QED) is 0.0206. The zero-order valence-corrected chi connectivity index (χ0v) is 30.3. The molecule has 0 unspecified atom stereocenters. The van der Waals surface area contributed by atoms with Gasteiger partial charge in [0.1, 0.15) is 25.4 Å². The largest absolute Gasteiger partial charge is 0.326 e. The van der Waals surface area contributed by atoms with Gasteiger partial charge in [0.05, 0.1) is 0 Å². The number of anilines is 2. The minimum atomic E-state index is -0.0546. The van der Waals surface area contributed by atoms with Crippen LogP contribution in [-0.4, -0.2) is 62.0 Å². The molecule has 0 aromatic heterocycles. The van der Waals surface area contributed by atoms with E-state index in [1.807, 2.05) is 36.4 Å². The summed E-state index contributed by atoms with van der Waals surface area (Å²) >= 11 is 0. The van der Waals surface area contributed by atoms with Crippen LogP contribution in [0.3, 0.4) is 0 Å². The number of nitrogens with two attached hydrogens (primary N) is 4. The summed E-state index contributed by atoms with van der Waals surface area (Å²) in [6.07, 6.45) is 20.0. The molecule has 2 rings (SSSR count). The van der Waals surface area contributed by atoms with Gasteiger partial charge < -0.3 is 34.0 Å². The third kappa shape index (κ3) is 21.4. The van der Waals surface area contributed by atoms with Crippen molar-refractivity contribution in [2.45, 2.75) is 77.0 Å². The number of hydrazone groups is 8. The fraction of sp³-hybridized carbons (Fsp3) is 0.353. The highest BCUT2D eigenvalue weighted by Gasteiger charge is 2.08.